The summed E-state index contributed by atoms with van der Waals surface area (Å²) in [5, 5.41) is 2.50. The fourth-order valence-electron chi connectivity index (χ4n) is 2.38. The Hall–Kier alpha value is -1.57. The van der Waals surface area contributed by atoms with Gasteiger partial charge in [-0.15, -0.1) is 0 Å². The molecule has 1 atom stereocenters. The van der Waals surface area contributed by atoms with E-state index < -0.39 is 15.1 Å². The lowest BCUT2D eigenvalue weighted by atomic mass is 9.97. The maximum absolute atomic E-state index is 12.7. The van der Waals surface area contributed by atoms with Gasteiger partial charge in [0, 0.05) is 11.6 Å². The van der Waals surface area contributed by atoms with Gasteiger partial charge in [-0.25, -0.2) is 0 Å². The molecular formula is C17H24F5NOS. The molecule has 0 aliphatic heterocycles. The van der Waals surface area contributed by atoms with Crippen molar-refractivity contribution in [2.75, 3.05) is 5.32 Å². The molecule has 144 valence electrons. The zero-order valence-electron chi connectivity index (χ0n) is 14.3. The summed E-state index contributed by atoms with van der Waals surface area (Å²) in [7, 11) is -9.68. The van der Waals surface area contributed by atoms with E-state index in [1.54, 1.807) is 0 Å². The van der Waals surface area contributed by atoms with Crippen LogP contribution in [-0.2, 0) is 4.79 Å². The van der Waals surface area contributed by atoms with Gasteiger partial charge in [0.05, 0.1) is 0 Å². The minimum atomic E-state index is -9.68. The number of carbonyl (C=O) groups excluding carboxylic acids is 1. The number of anilines is 1. The van der Waals surface area contributed by atoms with Crippen LogP contribution in [0, 0.1) is 5.92 Å². The van der Waals surface area contributed by atoms with Crippen molar-refractivity contribution >= 4 is 21.8 Å². The molecule has 25 heavy (non-hydrogen) atoms. The molecule has 1 aromatic carbocycles. The molecule has 1 rings (SSSR count). The number of amides is 1. The van der Waals surface area contributed by atoms with Crippen molar-refractivity contribution in [1.82, 2.24) is 0 Å². The number of nitrogens with one attached hydrogen (secondary N) is 1. The minimum absolute atomic E-state index is 0.0722. The summed E-state index contributed by atoms with van der Waals surface area (Å²) in [6.07, 6.45) is 8.01. The average Bonchev–Trinajstić information content (AvgIpc) is 2.49. The zero-order chi connectivity index (χ0) is 19.2. The molecule has 1 N–H and O–H groups in total. The van der Waals surface area contributed by atoms with E-state index in [1.165, 1.54) is 0 Å². The van der Waals surface area contributed by atoms with E-state index in [0.717, 1.165) is 31.4 Å². The monoisotopic (exact) mass is 385 g/mol. The summed E-state index contributed by atoms with van der Waals surface area (Å²) in [5.74, 6) is -0.575. The van der Waals surface area contributed by atoms with Crippen LogP contribution >= 0.6 is 10.2 Å². The van der Waals surface area contributed by atoms with E-state index in [-0.39, 0.29) is 17.5 Å². The minimum Gasteiger partial charge on any atom is -0.326 e. The van der Waals surface area contributed by atoms with Crippen molar-refractivity contribution in [1.29, 1.82) is 0 Å². The van der Waals surface area contributed by atoms with Crippen molar-refractivity contribution in [3.8, 4) is 0 Å². The highest BCUT2D eigenvalue weighted by atomic mass is 32.5. The SMILES string of the molecule is CC=CCCCCC(CC)C(=O)Nc1ccc(S(F)(F)(F)(F)F)cc1. The van der Waals surface area contributed by atoms with Crippen molar-refractivity contribution in [3.63, 3.8) is 0 Å². The Balaban J connectivity index is 2.67. The maximum atomic E-state index is 12.7. The summed E-state index contributed by atoms with van der Waals surface area (Å²) in [6, 6.07) is 2.30. The number of hydrogen-bond acceptors (Lipinski definition) is 1. The third-order valence-corrected chi connectivity index (χ3v) is 5.00. The lowest BCUT2D eigenvalue weighted by Gasteiger charge is -2.40. The van der Waals surface area contributed by atoms with Gasteiger partial charge < -0.3 is 5.32 Å². The molecule has 0 aliphatic rings. The van der Waals surface area contributed by atoms with Crippen LogP contribution in [0.25, 0.3) is 0 Å². The standard InChI is InChI=1S/C17H24F5NOS/c1-3-5-6-7-8-9-14(4-2)17(24)23-15-10-12-16(13-11-15)25(18,19,20,21)22/h3,5,10-14H,4,6-9H2,1-2H3,(H,23,24). The molecule has 1 amide bonds. The first kappa shape index (κ1) is 21.5. The summed E-state index contributed by atoms with van der Waals surface area (Å²) >= 11 is 0. The van der Waals surface area contributed by atoms with Gasteiger partial charge in [0.25, 0.3) is 0 Å². The Labute approximate surface area is 145 Å². The fourth-order valence-corrected chi connectivity index (χ4v) is 3.03. The zero-order valence-corrected chi connectivity index (χ0v) is 15.1. The highest BCUT2D eigenvalue weighted by Gasteiger charge is 2.65. The number of halogens is 5. The topological polar surface area (TPSA) is 29.1 Å². The molecule has 1 unspecified atom stereocenters. The van der Waals surface area contributed by atoms with Crippen molar-refractivity contribution in [2.24, 2.45) is 5.92 Å². The second-order valence-electron chi connectivity index (χ2n) is 5.94. The molecule has 0 saturated carbocycles. The Morgan fingerprint density at radius 3 is 2.20 bits per heavy atom. The Bertz CT molecular complexity index is 610. The van der Waals surface area contributed by atoms with E-state index >= 15 is 0 Å². The first-order chi connectivity index (χ1) is 11.4. The Kier molecular flexibility index (Phi) is 6.32. The quantitative estimate of drug-likeness (QED) is 0.267. The van der Waals surface area contributed by atoms with Crippen LogP contribution in [0.3, 0.4) is 0 Å². The van der Waals surface area contributed by atoms with Crippen molar-refractivity contribution in [2.45, 2.75) is 50.8 Å². The van der Waals surface area contributed by atoms with Crippen molar-refractivity contribution < 1.29 is 24.2 Å². The second kappa shape index (κ2) is 7.35. The second-order valence-corrected chi connectivity index (χ2v) is 8.35. The molecule has 0 fully saturated rings. The molecule has 0 aliphatic carbocycles. The molecule has 0 heterocycles. The van der Waals surface area contributed by atoms with Crippen LogP contribution in [0.2, 0.25) is 0 Å². The normalized spacial score (nSPS) is 16.3. The number of hydrogen-bond donors (Lipinski definition) is 1. The highest BCUT2D eigenvalue weighted by molar-refractivity contribution is 8.45. The molecular weight excluding hydrogens is 361 g/mol. The van der Waals surface area contributed by atoms with Crippen LogP contribution in [0.4, 0.5) is 25.1 Å². The number of allylic oxidation sites excluding steroid dienone is 2. The van der Waals surface area contributed by atoms with Gasteiger partial charge >= 0.3 is 10.2 Å². The van der Waals surface area contributed by atoms with Gasteiger partial charge in [0.1, 0.15) is 4.90 Å². The van der Waals surface area contributed by atoms with Crippen LogP contribution in [0.15, 0.2) is 41.3 Å². The Morgan fingerprint density at radius 2 is 1.72 bits per heavy atom. The highest BCUT2D eigenvalue weighted by Crippen LogP contribution is 3.02. The maximum Gasteiger partial charge on any atom is 0.310 e. The van der Waals surface area contributed by atoms with Crippen LogP contribution < -0.4 is 5.32 Å². The van der Waals surface area contributed by atoms with Gasteiger partial charge in [-0.2, -0.15) is 0 Å². The molecule has 0 aromatic heterocycles. The van der Waals surface area contributed by atoms with Gasteiger partial charge in [0.2, 0.25) is 5.91 Å². The number of carbonyl (C=O) groups is 1. The van der Waals surface area contributed by atoms with Gasteiger partial charge in [-0.3, -0.25) is 4.79 Å². The molecule has 0 radical (unpaired) electrons. The lowest BCUT2D eigenvalue weighted by Crippen LogP contribution is -2.22. The Morgan fingerprint density at radius 1 is 1.12 bits per heavy atom. The van der Waals surface area contributed by atoms with E-state index in [4.69, 9.17) is 0 Å². The van der Waals surface area contributed by atoms with Gasteiger partial charge in [-0.1, -0.05) is 44.9 Å². The number of unbranched alkanes of at least 4 members (excludes halogenated alkanes) is 2. The predicted molar refractivity (Wildman–Crippen MR) is 93.5 cm³/mol. The van der Waals surface area contributed by atoms with Crippen molar-refractivity contribution in [3.05, 3.63) is 36.4 Å². The van der Waals surface area contributed by atoms with Crippen LogP contribution in [-0.4, -0.2) is 5.91 Å². The predicted octanol–water partition coefficient (Wildman–Crippen LogP) is 7.45. The van der Waals surface area contributed by atoms with E-state index in [2.05, 4.69) is 5.32 Å². The van der Waals surface area contributed by atoms with Crippen LogP contribution in [0.1, 0.15) is 46.0 Å². The molecule has 8 heteroatoms. The first-order valence-electron chi connectivity index (χ1n) is 8.13. The smallest absolute Gasteiger partial charge is 0.310 e. The summed E-state index contributed by atoms with van der Waals surface area (Å²) in [4.78, 5) is 10.2. The van der Waals surface area contributed by atoms with E-state index in [1.807, 2.05) is 26.0 Å². The largest absolute Gasteiger partial charge is 0.326 e. The molecule has 0 saturated heterocycles. The van der Waals surface area contributed by atoms with Gasteiger partial charge in [0.15, 0.2) is 0 Å². The number of benzene rings is 1. The lowest BCUT2D eigenvalue weighted by molar-refractivity contribution is -0.120. The van der Waals surface area contributed by atoms with E-state index in [9.17, 15) is 24.2 Å². The third-order valence-electron chi connectivity index (χ3n) is 3.84. The van der Waals surface area contributed by atoms with Gasteiger partial charge in [-0.05, 0) is 56.9 Å². The molecule has 2 nitrogen and oxygen atoms in total. The summed E-state index contributed by atoms with van der Waals surface area (Å²) < 4.78 is 63.3. The molecule has 0 spiro atoms. The fraction of sp³-hybridized carbons (Fsp3) is 0.471. The molecule has 1 aromatic rings. The summed E-state index contributed by atoms with van der Waals surface area (Å²) in [5.41, 5.74) is 0.0722. The number of rotatable bonds is 9. The average molecular weight is 385 g/mol. The molecule has 0 bridgehead atoms. The summed E-state index contributed by atoms with van der Waals surface area (Å²) in [6.45, 7) is 3.79. The van der Waals surface area contributed by atoms with Crippen LogP contribution in [0.5, 0.6) is 0 Å². The first-order valence-corrected chi connectivity index (χ1v) is 10.1. The van der Waals surface area contributed by atoms with E-state index in [0.29, 0.717) is 25.0 Å². The third kappa shape index (κ3) is 7.46.